The van der Waals surface area contributed by atoms with Gasteiger partial charge in [-0.05, 0) is 32.6 Å². The van der Waals surface area contributed by atoms with Crippen molar-refractivity contribution < 1.29 is 4.74 Å². The third kappa shape index (κ3) is 2.61. The predicted molar refractivity (Wildman–Crippen MR) is 63.0 cm³/mol. The molecule has 0 bridgehead atoms. The zero-order chi connectivity index (χ0) is 10.7. The van der Waals surface area contributed by atoms with Gasteiger partial charge in [-0.15, -0.1) is 6.58 Å². The molecule has 1 saturated carbocycles. The third-order valence-electron chi connectivity index (χ3n) is 3.86. The number of nitrogens with one attached hydrogen (secondary N) is 1. The van der Waals surface area contributed by atoms with E-state index >= 15 is 0 Å². The molecule has 0 aromatic heterocycles. The van der Waals surface area contributed by atoms with Crippen LogP contribution in [-0.4, -0.2) is 24.3 Å². The second-order valence-corrected chi connectivity index (χ2v) is 5.12. The second kappa shape index (κ2) is 4.67. The zero-order valence-electron chi connectivity index (χ0n) is 9.80. The molecule has 0 amide bonds. The van der Waals surface area contributed by atoms with Gasteiger partial charge < -0.3 is 10.1 Å². The van der Waals surface area contributed by atoms with E-state index in [1.54, 1.807) is 0 Å². The molecule has 1 saturated heterocycles. The fraction of sp³-hybridized carbons (Fsp3) is 0.846. The van der Waals surface area contributed by atoms with Gasteiger partial charge in [0.15, 0.2) is 0 Å². The maximum Gasteiger partial charge on any atom is 0.0697 e. The molecule has 2 aliphatic rings. The third-order valence-corrected chi connectivity index (χ3v) is 3.86. The molecule has 2 atom stereocenters. The minimum absolute atomic E-state index is 0.233. The van der Waals surface area contributed by atoms with Crippen LogP contribution in [0.15, 0.2) is 12.7 Å². The number of hydrogen-bond acceptors (Lipinski definition) is 2. The topological polar surface area (TPSA) is 21.3 Å². The van der Waals surface area contributed by atoms with Crippen molar-refractivity contribution in [2.75, 3.05) is 6.61 Å². The summed E-state index contributed by atoms with van der Waals surface area (Å²) in [4.78, 5) is 0. The first-order valence-corrected chi connectivity index (χ1v) is 6.27. The molecule has 86 valence electrons. The highest BCUT2D eigenvalue weighted by Gasteiger charge is 2.39. The van der Waals surface area contributed by atoms with E-state index in [9.17, 15) is 0 Å². The summed E-state index contributed by atoms with van der Waals surface area (Å²) in [5, 5.41) is 3.62. The summed E-state index contributed by atoms with van der Waals surface area (Å²) in [5.41, 5.74) is 0.233. The molecular formula is C13H23NO. The van der Waals surface area contributed by atoms with E-state index in [1.807, 2.05) is 6.08 Å². The summed E-state index contributed by atoms with van der Waals surface area (Å²) < 4.78 is 6.01. The Bertz CT molecular complexity index is 221. The largest absolute Gasteiger partial charge is 0.375 e. The van der Waals surface area contributed by atoms with Crippen molar-refractivity contribution in [1.29, 1.82) is 0 Å². The normalized spacial score (nSPS) is 31.7. The van der Waals surface area contributed by atoms with Crippen molar-refractivity contribution in [2.45, 2.75) is 63.1 Å². The van der Waals surface area contributed by atoms with Crippen LogP contribution in [0.5, 0.6) is 0 Å². The lowest BCUT2D eigenvalue weighted by molar-refractivity contribution is -0.0840. The SMILES string of the molecule is C=CC(C)NC1CCOC2(CCCC2)C1. The average molecular weight is 209 g/mol. The zero-order valence-corrected chi connectivity index (χ0v) is 9.80. The van der Waals surface area contributed by atoms with E-state index in [1.165, 1.54) is 32.1 Å². The molecule has 1 spiro atoms. The van der Waals surface area contributed by atoms with Crippen LogP contribution in [0.2, 0.25) is 0 Å². The van der Waals surface area contributed by atoms with E-state index < -0.39 is 0 Å². The van der Waals surface area contributed by atoms with Crippen molar-refractivity contribution in [3.8, 4) is 0 Å². The van der Waals surface area contributed by atoms with Gasteiger partial charge in [-0.1, -0.05) is 18.9 Å². The number of ether oxygens (including phenoxy) is 1. The van der Waals surface area contributed by atoms with Crippen molar-refractivity contribution in [3.63, 3.8) is 0 Å². The van der Waals surface area contributed by atoms with E-state index in [0.29, 0.717) is 12.1 Å². The van der Waals surface area contributed by atoms with Gasteiger partial charge in [0.05, 0.1) is 5.60 Å². The Morgan fingerprint density at radius 2 is 2.20 bits per heavy atom. The lowest BCUT2D eigenvalue weighted by atomic mass is 9.88. The summed E-state index contributed by atoms with van der Waals surface area (Å²) in [6, 6.07) is 1.05. The highest BCUT2D eigenvalue weighted by Crippen LogP contribution is 2.39. The Hall–Kier alpha value is -0.340. The Morgan fingerprint density at radius 1 is 1.47 bits per heavy atom. The monoisotopic (exact) mass is 209 g/mol. The highest BCUT2D eigenvalue weighted by molar-refractivity contribution is 4.95. The lowest BCUT2D eigenvalue weighted by Gasteiger charge is -2.39. The Labute approximate surface area is 93.1 Å². The molecule has 2 unspecified atom stereocenters. The van der Waals surface area contributed by atoms with Crippen LogP contribution in [0, 0.1) is 0 Å². The first kappa shape index (κ1) is 11.2. The van der Waals surface area contributed by atoms with Gasteiger partial charge in [0.25, 0.3) is 0 Å². The standard InChI is InChI=1S/C13H23NO/c1-3-11(2)14-12-6-9-15-13(10-12)7-4-5-8-13/h3,11-12,14H,1,4-10H2,2H3. The molecule has 1 aliphatic carbocycles. The van der Waals surface area contributed by atoms with Crippen LogP contribution < -0.4 is 5.32 Å². The van der Waals surface area contributed by atoms with E-state index in [-0.39, 0.29) is 5.60 Å². The highest BCUT2D eigenvalue weighted by atomic mass is 16.5. The molecule has 1 heterocycles. The smallest absolute Gasteiger partial charge is 0.0697 e. The van der Waals surface area contributed by atoms with Crippen LogP contribution in [0.4, 0.5) is 0 Å². The minimum Gasteiger partial charge on any atom is -0.375 e. The molecule has 1 N–H and O–H groups in total. The summed E-state index contributed by atoms with van der Waals surface area (Å²) in [6.07, 6.45) is 9.58. The summed E-state index contributed by atoms with van der Waals surface area (Å²) in [6.45, 7) is 6.92. The molecule has 0 radical (unpaired) electrons. The van der Waals surface area contributed by atoms with Crippen LogP contribution in [0.1, 0.15) is 45.4 Å². The van der Waals surface area contributed by atoms with Crippen LogP contribution >= 0.6 is 0 Å². The van der Waals surface area contributed by atoms with E-state index in [4.69, 9.17) is 4.74 Å². The van der Waals surface area contributed by atoms with Crippen molar-refractivity contribution in [2.24, 2.45) is 0 Å². The molecule has 2 heteroatoms. The van der Waals surface area contributed by atoms with Crippen molar-refractivity contribution in [3.05, 3.63) is 12.7 Å². The quantitative estimate of drug-likeness (QED) is 0.721. The maximum atomic E-state index is 6.01. The van der Waals surface area contributed by atoms with Gasteiger partial charge in [-0.3, -0.25) is 0 Å². The lowest BCUT2D eigenvalue weighted by Crippen LogP contribution is -2.47. The Balaban J connectivity index is 1.89. The predicted octanol–water partition coefficient (Wildman–Crippen LogP) is 2.64. The number of rotatable bonds is 3. The second-order valence-electron chi connectivity index (χ2n) is 5.12. The van der Waals surface area contributed by atoms with E-state index in [2.05, 4.69) is 18.8 Å². The van der Waals surface area contributed by atoms with Crippen LogP contribution in [0.25, 0.3) is 0 Å². The molecule has 15 heavy (non-hydrogen) atoms. The Kier molecular flexibility index (Phi) is 3.47. The molecule has 2 rings (SSSR count). The fourth-order valence-corrected chi connectivity index (χ4v) is 2.98. The summed E-state index contributed by atoms with van der Waals surface area (Å²) in [7, 11) is 0. The maximum absolute atomic E-state index is 6.01. The van der Waals surface area contributed by atoms with Gasteiger partial charge in [-0.25, -0.2) is 0 Å². The van der Waals surface area contributed by atoms with Gasteiger partial charge >= 0.3 is 0 Å². The number of hydrogen-bond donors (Lipinski definition) is 1. The molecule has 0 aromatic carbocycles. The van der Waals surface area contributed by atoms with Gasteiger partial charge in [0.1, 0.15) is 0 Å². The van der Waals surface area contributed by atoms with Crippen LogP contribution in [-0.2, 0) is 4.74 Å². The molecule has 0 aromatic rings. The summed E-state index contributed by atoms with van der Waals surface area (Å²) in [5.74, 6) is 0. The van der Waals surface area contributed by atoms with Crippen molar-refractivity contribution in [1.82, 2.24) is 5.32 Å². The first-order chi connectivity index (χ1) is 7.24. The average Bonchev–Trinajstić information content (AvgIpc) is 2.66. The van der Waals surface area contributed by atoms with Gasteiger partial charge in [0.2, 0.25) is 0 Å². The summed E-state index contributed by atoms with van der Waals surface area (Å²) >= 11 is 0. The molecular weight excluding hydrogens is 186 g/mol. The fourth-order valence-electron chi connectivity index (χ4n) is 2.98. The van der Waals surface area contributed by atoms with Crippen LogP contribution in [0.3, 0.4) is 0 Å². The molecule has 1 aliphatic heterocycles. The Morgan fingerprint density at radius 3 is 2.87 bits per heavy atom. The first-order valence-electron chi connectivity index (χ1n) is 6.27. The van der Waals surface area contributed by atoms with Gasteiger partial charge in [-0.2, -0.15) is 0 Å². The molecule has 2 fully saturated rings. The van der Waals surface area contributed by atoms with E-state index in [0.717, 1.165) is 13.0 Å². The van der Waals surface area contributed by atoms with Crippen molar-refractivity contribution >= 4 is 0 Å². The molecule has 2 nitrogen and oxygen atoms in total. The van der Waals surface area contributed by atoms with Gasteiger partial charge in [0, 0.05) is 18.7 Å². The minimum atomic E-state index is 0.233.